The number of aromatic nitrogens is 3. The molecule has 2 heterocycles. The number of nitrogens with zero attached hydrogens (tertiary/aromatic N) is 3. The zero-order valence-electron chi connectivity index (χ0n) is 9.92. The van der Waals surface area contributed by atoms with Crippen LogP contribution in [0.1, 0.15) is 6.92 Å². The Balaban J connectivity index is 2.01. The van der Waals surface area contributed by atoms with Crippen molar-refractivity contribution in [3.8, 4) is 6.01 Å². The maximum atomic E-state index is 12.0. The Labute approximate surface area is 105 Å². The first-order chi connectivity index (χ1) is 8.62. The summed E-state index contributed by atoms with van der Waals surface area (Å²) in [6.45, 7) is 3.62. The van der Waals surface area contributed by atoms with Gasteiger partial charge in [0.2, 0.25) is 5.95 Å². The van der Waals surface area contributed by atoms with Crippen LogP contribution < -0.4 is 9.46 Å². The summed E-state index contributed by atoms with van der Waals surface area (Å²) in [5.74, 6) is 0.0324. The molecule has 0 bridgehead atoms. The molecule has 9 nitrogen and oxygen atoms in total. The van der Waals surface area contributed by atoms with Gasteiger partial charge in [0.25, 0.3) is 0 Å². The van der Waals surface area contributed by atoms with E-state index in [1.165, 1.54) is 4.31 Å². The summed E-state index contributed by atoms with van der Waals surface area (Å²) in [7, 11) is -3.62. The minimum atomic E-state index is -3.62. The lowest BCUT2D eigenvalue weighted by Crippen LogP contribution is -2.43. The predicted octanol–water partition coefficient (Wildman–Crippen LogP) is -0.808. The molecule has 102 valence electrons. The molecule has 1 aliphatic heterocycles. The first-order valence-electron chi connectivity index (χ1n) is 5.52. The zero-order chi connectivity index (χ0) is 13.0. The highest BCUT2D eigenvalue weighted by atomic mass is 32.2. The molecule has 1 aromatic heterocycles. The van der Waals surface area contributed by atoms with Crippen LogP contribution in [0.15, 0.2) is 0 Å². The Hall–Kier alpha value is -1.39. The summed E-state index contributed by atoms with van der Waals surface area (Å²) in [5.41, 5.74) is 0. The third kappa shape index (κ3) is 3.09. The molecule has 1 aliphatic rings. The molecule has 0 spiro atoms. The molecular weight excluding hydrogens is 262 g/mol. The van der Waals surface area contributed by atoms with Crippen LogP contribution in [0.5, 0.6) is 6.01 Å². The van der Waals surface area contributed by atoms with Gasteiger partial charge in [-0.3, -0.25) is 0 Å². The van der Waals surface area contributed by atoms with Gasteiger partial charge < -0.3 is 9.47 Å². The molecule has 0 unspecified atom stereocenters. The van der Waals surface area contributed by atoms with Gasteiger partial charge in [-0.25, -0.2) is 9.82 Å². The smallest absolute Gasteiger partial charge is 0.337 e. The van der Waals surface area contributed by atoms with E-state index in [0.29, 0.717) is 32.9 Å². The molecule has 0 radical (unpaired) electrons. The minimum Gasteiger partial charge on any atom is -0.463 e. The largest absolute Gasteiger partial charge is 0.463 e. The first-order valence-corrected chi connectivity index (χ1v) is 6.96. The summed E-state index contributed by atoms with van der Waals surface area (Å²) < 4.78 is 37.6. The van der Waals surface area contributed by atoms with E-state index in [-0.39, 0.29) is 12.0 Å². The fraction of sp³-hybridized carbons (Fsp3) is 0.750. The van der Waals surface area contributed by atoms with Crippen LogP contribution in [0, 0.1) is 0 Å². The van der Waals surface area contributed by atoms with Gasteiger partial charge in [-0.1, -0.05) is 0 Å². The number of hydrogen-bond acceptors (Lipinski definition) is 6. The lowest BCUT2D eigenvalue weighted by Gasteiger charge is -2.25. The standard InChI is InChI=1S/C8H15N5O4S/c1-2-17-8-9-7(10-11-8)12-18(14,15)13-3-5-16-6-4-13/h2-6H2,1H3,(H2,9,10,11,12). The van der Waals surface area contributed by atoms with Gasteiger partial charge in [-0.15, -0.1) is 5.10 Å². The molecule has 1 saturated heterocycles. The van der Waals surface area contributed by atoms with Crippen molar-refractivity contribution in [2.75, 3.05) is 37.6 Å². The maximum absolute atomic E-state index is 12.0. The lowest BCUT2D eigenvalue weighted by molar-refractivity contribution is 0.0733. The molecule has 1 fully saturated rings. The van der Waals surface area contributed by atoms with Crippen LogP contribution in [0.2, 0.25) is 0 Å². The van der Waals surface area contributed by atoms with Gasteiger partial charge in [0, 0.05) is 13.1 Å². The molecule has 0 amide bonds. The summed E-state index contributed by atoms with van der Waals surface area (Å²) in [4.78, 5) is 3.84. The molecule has 0 aromatic carbocycles. The number of H-pyrrole nitrogens is 1. The number of morpholine rings is 1. The number of nitrogens with one attached hydrogen (secondary N) is 2. The number of rotatable bonds is 5. The van der Waals surface area contributed by atoms with Gasteiger partial charge in [0.1, 0.15) is 0 Å². The van der Waals surface area contributed by atoms with Crippen molar-refractivity contribution in [3.63, 3.8) is 0 Å². The van der Waals surface area contributed by atoms with E-state index in [2.05, 4.69) is 19.9 Å². The fourth-order valence-electron chi connectivity index (χ4n) is 1.46. The Kier molecular flexibility index (Phi) is 3.99. The summed E-state index contributed by atoms with van der Waals surface area (Å²) in [6, 6.07) is 0.108. The van der Waals surface area contributed by atoms with Crippen molar-refractivity contribution in [2.24, 2.45) is 0 Å². The molecule has 1 aromatic rings. The van der Waals surface area contributed by atoms with Crippen molar-refractivity contribution in [1.29, 1.82) is 0 Å². The highest BCUT2D eigenvalue weighted by Crippen LogP contribution is 2.11. The van der Waals surface area contributed by atoms with Crippen LogP contribution in [-0.4, -0.2) is 60.8 Å². The monoisotopic (exact) mass is 277 g/mol. The molecule has 10 heteroatoms. The normalized spacial score (nSPS) is 17.6. The number of ether oxygens (including phenoxy) is 2. The van der Waals surface area contributed by atoms with E-state index in [9.17, 15) is 8.42 Å². The average Bonchev–Trinajstić information content (AvgIpc) is 2.77. The van der Waals surface area contributed by atoms with Crippen LogP contribution in [0.3, 0.4) is 0 Å². The van der Waals surface area contributed by atoms with Crippen LogP contribution in [0.4, 0.5) is 5.95 Å². The third-order valence-corrected chi connectivity index (χ3v) is 3.77. The average molecular weight is 277 g/mol. The van der Waals surface area contributed by atoms with E-state index in [1.807, 2.05) is 0 Å². The third-order valence-electron chi connectivity index (χ3n) is 2.27. The molecule has 18 heavy (non-hydrogen) atoms. The summed E-state index contributed by atoms with van der Waals surface area (Å²) in [6.07, 6.45) is 0. The second-order valence-corrected chi connectivity index (χ2v) is 5.19. The van der Waals surface area contributed by atoms with E-state index in [1.54, 1.807) is 6.92 Å². The molecule has 2 N–H and O–H groups in total. The second kappa shape index (κ2) is 5.50. The van der Waals surface area contributed by atoms with E-state index < -0.39 is 10.2 Å². The molecule has 0 saturated carbocycles. The van der Waals surface area contributed by atoms with Crippen LogP contribution in [0.25, 0.3) is 0 Å². The zero-order valence-corrected chi connectivity index (χ0v) is 10.7. The fourth-order valence-corrected chi connectivity index (χ4v) is 2.55. The van der Waals surface area contributed by atoms with Crippen molar-refractivity contribution < 1.29 is 17.9 Å². The Morgan fingerprint density at radius 2 is 2.22 bits per heavy atom. The quantitative estimate of drug-likeness (QED) is 0.728. The molecular formula is C8H15N5O4S. The Morgan fingerprint density at radius 1 is 1.50 bits per heavy atom. The topological polar surface area (TPSA) is 109 Å². The van der Waals surface area contributed by atoms with Gasteiger partial charge in [0.05, 0.1) is 19.8 Å². The molecule has 2 rings (SSSR count). The predicted molar refractivity (Wildman–Crippen MR) is 62.5 cm³/mol. The van der Waals surface area contributed by atoms with Crippen molar-refractivity contribution in [2.45, 2.75) is 6.92 Å². The SMILES string of the molecule is CCOc1n[nH]c(NS(=O)(=O)N2CCOCC2)n1. The van der Waals surface area contributed by atoms with E-state index in [0.717, 1.165) is 0 Å². The summed E-state index contributed by atoms with van der Waals surface area (Å²) in [5, 5.41) is 6.16. The van der Waals surface area contributed by atoms with E-state index in [4.69, 9.17) is 9.47 Å². The van der Waals surface area contributed by atoms with Crippen LogP contribution >= 0.6 is 0 Å². The molecule has 0 aliphatic carbocycles. The lowest BCUT2D eigenvalue weighted by atomic mass is 10.5. The van der Waals surface area contributed by atoms with E-state index >= 15 is 0 Å². The second-order valence-electron chi connectivity index (χ2n) is 3.52. The van der Waals surface area contributed by atoms with Gasteiger partial charge in [-0.05, 0) is 6.92 Å². The maximum Gasteiger partial charge on any atom is 0.337 e. The van der Waals surface area contributed by atoms with Crippen molar-refractivity contribution in [3.05, 3.63) is 0 Å². The minimum absolute atomic E-state index is 0.0324. The number of anilines is 1. The highest BCUT2D eigenvalue weighted by Gasteiger charge is 2.25. The van der Waals surface area contributed by atoms with Crippen molar-refractivity contribution >= 4 is 16.2 Å². The van der Waals surface area contributed by atoms with Gasteiger partial charge in [-0.2, -0.15) is 17.7 Å². The highest BCUT2D eigenvalue weighted by molar-refractivity contribution is 7.90. The first kappa shape index (κ1) is 13.1. The number of aromatic amines is 1. The number of hydrogen-bond donors (Lipinski definition) is 2. The Bertz CT molecular complexity index is 481. The Morgan fingerprint density at radius 3 is 2.89 bits per heavy atom. The molecule has 0 atom stereocenters. The van der Waals surface area contributed by atoms with Crippen molar-refractivity contribution in [1.82, 2.24) is 19.5 Å². The summed E-state index contributed by atoms with van der Waals surface area (Å²) >= 11 is 0. The van der Waals surface area contributed by atoms with Gasteiger partial charge >= 0.3 is 16.2 Å². The van der Waals surface area contributed by atoms with Crippen LogP contribution in [-0.2, 0) is 14.9 Å². The van der Waals surface area contributed by atoms with Gasteiger partial charge in [0.15, 0.2) is 0 Å².